The number of nitrogens with one attached hydrogen (secondary N) is 2. The Morgan fingerprint density at radius 1 is 1.41 bits per heavy atom. The zero-order valence-electron chi connectivity index (χ0n) is 13.4. The molecule has 124 valence electrons. The van der Waals surface area contributed by atoms with Gasteiger partial charge >= 0.3 is 0 Å². The van der Waals surface area contributed by atoms with Crippen LogP contribution in [0, 0.1) is 5.92 Å². The lowest BCUT2D eigenvalue weighted by atomic mass is 9.99. The summed E-state index contributed by atoms with van der Waals surface area (Å²) in [6.45, 7) is 5.68. The normalized spacial score (nSPS) is 22.3. The zero-order valence-corrected chi connectivity index (χ0v) is 14.2. The smallest absolute Gasteiger partial charge is 0.223 e. The number of ether oxygens (including phenoxy) is 1. The molecule has 1 amide bonds. The highest BCUT2D eigenvalue weighted by Crippen LogP contribution is 2.12. The van der Waals surface area contributed by atoms with Gasteiger partial charge in [-0.15, -0.1) is 12.4 Å². The molecule has 1 aliphatic heterocycles. The maximum Gasteiger partial charge on any atom is 0.223 e. The van der Waals surface area contributed by atoms with Crippen molar-refractivity contribution in [2.45, 2.75) is 45.2 Å². The molecule has 0 bridgehead atoms. The van der Waals surface area contributed by atoms with Crippen LogP contribution in [0.5, 0.6) is 5.75 Å². The standard InChI is InChI=1S/C17H26N2O2.ClH/c1-13(9-11-21-16-6-4-3-5-7-16)17(20)19-15-8-10-18-14(2)12-15;/h3-7,13-15,18H,8-12H2,1-2H3,(H,19,20);1H. The fourth-order valence-corrected chi connectivity index (χ4v) is 2.61. The molecule has 1 fully saturated rings. The first kappa shape index (κ1) is 18.8. The predicted octanol–water partition coefficient (Wildman–Crippen LogP) is 2.77. The lowest BCUT2D eigenvalue weighted by molar-refractivity contribution is -0.125. The Morgan fingerprint density at radius 3 is 2.82 bits per heavy atom. The highest BCUT2D eigenvalue weighted by atomic mass is 35.5. The third-order valence-electron chi connectivity index (χ3n) is 3.98. The highest BCUT2D eigenvalue weighted by molar-refractivity contribution is 5.85. The number of halogens is 1. The Labute approximate surface area is 139 Å². The van der Waals surface area contributed by atoms with Crippen molar-refractivity contribution in [1.82, 2.24) is 10.6 Å². The van der Waals surface area contributed by atoms with Crippen molar-refractivity contribution in [1.29, 1.82) is 0 Å². The number of amides is 1. The summed E-state index contributed by atoms with van der Waals surface area (Å²) in [5.74, 6) is 0.988. The van der Waals surface area contributed by atoms with E-state index in [4.69, 9.17) is 4.74 Å². The fourth-order valence-electron chi connectivity index (χ4n) is 2.61. The van der Waals surface area contributed by atoms with Crippen molar-refractivity contribution in [3.8, 4) is 5.75 Å². The first-order valence-corrected chi connectivity index (χ1v) is 7.86. The fraction of sp³-hybridized carbons (Fsp3) is 0.588. The van der Waals surface area contributed by atoms with E-state index in [1.54, 1.807) is 0 Å². The summed E-state index contributed by atoms with van der Waals surface area (Å²) in [5, 5.41) is 6.56. The SMILES string of the molecule is CC1CC(NC(=O)C(C)CCOc2ccccc2)CCN1.Cl. The molecule has 5 heteroatoms. The van der Waals surface area contributed by atoms with Gasteiger partial charge in [0, 0.05) is 18.0 Å². The van der Waals surface area contributed by atoms with Crippen LogP contribution in [0.4, 0.5) is 0 Å². The van der Waals surface area contributed by atoms with Crippen molar-refractivity contribution < 1.29 is 9.53 Å². The summed E-state index contributed by atoms with van der Waals surface area (Å²) in [4.78, 5) is 12.2. The Morgan fingerprint density at radius 2 is 2.14 bits per heavy atom. The van der Waals surface area contributed by atoms with Gasteiger partial charge in [-0.2, -0.15) is 0 Å². The second-order valence-electron chi connectivity index (χ2n) is 5.94. The van der Waals surface area contributed by atoms with Crippen LogP contribution in [0.15, 0.2) is 30.3 Å². The van der Waals surface area contributed by atoms with Crippen molar-refractivity contribution in [3.05, 3.63) is 30.3 Å². The van der Waals surface area contributed by atoms with E-state index >= 15 is 0 Å². The monoisotopic (exact) mass is 326 g/mol. The number of carbonyl (C=O) groups is 1. The molecule has 3 unspecified atom stereocenters. The molecule has 3 atom stereocenters. The molecule has 0 aromatic heterocycles. The van der Waals surface area contributed by atoms with Gasteiger partial charge in [-0.1, -0.05) is 25.1 Å². The zero-order chi connectivity index (χ0) is 15.1. The summed E-state index contributed by atoms with van der Waals surface area (Å²) in [6, 6.07) is 10.5. The predicted molar refractivity (Wildman–Crippen MR) is 91.6 cm³/mol. The lowest BCUT2D eigenvalue weighted by Crippen LogP contribution is -2.47. The topological polar surface area (TPSA) is 50.4 Å². The Kier molecular flexibility index (Phi) is 8.28. The van der Waals surface area contributed by atoms with Gasteiger partial charge in [-0.05, 0) is 44.9 Å². The van der Waals surface area contributed by atoms with Crippen LogP contribution in [0.25, 0.3) is 0 Å². The molecule has 2 N–H and O–H groups in total. The first-order chi connectivity index (χ1) is 10.1. The Bertz CT molecular complexity index is 442. The summed E-state index contributed by atoms with van der Waals surface area (Å²) >= 11 is 0. The van der Waals surface area contributed by atoms with Gasteiger partial charge in [-0.3, -0.25) is 4.79 Å². The molecule has 1 aromatic carbocycles. The summed E-state index contributed by atoms with van der Waals surface area (Å²) in [6.07, 6.45) is 2.77. The molecule has 0 radical (unpaired) electrons. The second-order valence-corrected chi connectivity index (χ2v) is 5.94. The van der Waals surface area contributed by atoms with E-state index in [1.807, 2.05) is 37.3 Å². The molecule has 0 aliphatic carbocycles. The van der Waals surface area contributed by atoms with E-state index in [-0.39, 0.29) is 24.2 Å². The quantitative estimate of drug-likeness (QED) is 0.845. The maximum absolute atomic E-state index is 12.2. The van der Waals surface area contributed by atoms with Gasteiger partial charge < -0.3 is 15.4 Å². The number of piperidine rings is 1. The summed E-state index contributed by atoms with van der Waals surface area (Å²) in [7, 11) is 0. The molecular formula is C17H27ClN2O2. The van der Waals surface area contributed by atoms with Crippen molar-refractivity contribution in [2.75, 3.05) is 13.2 Å². The van der Waals surface area contributed by atoms with Crippen LogP contribution in [-0.2, 0) is 4.79 Å². The van der Waals surface area contributed by atoms with Gasteiger partial charge in [0.15, 0.2) is 0 Å². The number of hydrogen-bond donors (Lipinski definition) is 2. The molecule has 0 saturated carbocycles. The van der Waals surface area contributed by atoms with Gasteiger partial charge in [0.05, 0.1) is 6.61 Å². The van der Waals surface area contributed by atoms with E-state index in [9.17, 15) is 4.79 Å². The third-order valence-corrected chi connectivity index (χ3v) is 3.98. The third kappa shape index (κ3) is 6.24. The summed E-state index contributed by atoms with van der Waals surface area (Å²) < 4.78 is 5.64. The minimum absolute atomic E-state index is 0. The second kappa shape index (κ2) is 9.70. The van der Waals surface area contributed by atoms with Crippen molar-refractivity contribution in [2.24, 2.45) is 5.92 Å². The highest BCUT2D eigenvalue weighted by Gasteiger charge is 2.22. The summed E-state index contributed by atoms with van der Waals surface area (Å²) in [5.41, 5.74) is 0. The van der Waals surface area contributed by atoms with Crippen molar-refractivity contribution >= 4 is 18.3 Å². The van der Waals surface area contributed by atoms with Crippen LogP contribution in [0.1, 0.15) is 33.1 Å². The molecule has 1 aliphatic rings. The molecule has 1 aromatic rings. The van der Waals surface area contributed by atoms with Gasteiger partial charge in [0.1, 0.15) is 5.75 Å². The van der Waals surface area contributed by atoms with Crippen LogP contribution < -0.4 is 15.4 Å². The van der Waals surface area contributed by atoms with Gasteiger partial charge in [0.25, 0.3) is 0 Å². The molecule has 2 rings (SSSR count). The van der Waals surface area contributed by atoms with E-state index in [2.05, 4.69) is 17.6 Å². The largest absolute Gasteiger partial charge is 0.494 e. The molecule has 1 saturated heterocycles. The number of para-hydroxylation sites is 1. The minimum atomic E-state index is -0.0149. The molecule has 4 nitrogen and oxygen atoms in total. The average molecular weight is 327 g/mol. The van der Waals surface area contributed by atoms with Crippen LogP contribution in [0.2, 0.25) is 0 Å². The molecule has 0 spiro atoms. The van der Waals surface area contributed by atoms with Gasteiger partial charge in [-0.25, -0.2) is 0 Å². The maximum atomic E-state index is 12.2. The van der Waals surface area contributed by atoms with Crippen molar-refractivity contribution in [3.63, 3.8) is 0 Å². The average Bonchev–Trinajstić information content (AvgIpc) is 2.48. The minimum Gasteiger partial charge on any atom is -0.494 e. The van der Waals surface area contributed by atoms with Crippen LogP contribution in [0.3, 0.4) is 0 Å². The molecule has 1 heterocycles. The van der Waals surface area contributed by atoms with E-state index < -0.39 is 0 Å². The molecular weight excluding hydrogens is 300 g/mol. The Hall–Kier alpha value is -1.26. The number of carbonyl (C=O) groups excluding carboxylic acids is 1. The number of hydrogen-bond acceptors (Lipinski definition) is 3. The lowest BCUT2D eigenvalue weighted by Gasteiger charge is -2.29. The number of rotatable bonds is 6. The molecule has 22 heavy (non-hydrogen) atoms. The van der Waals surface area contributed by atoms with E-state index in [0.29, 0.717) is 18.7 Å². The van der Waals surface area contributed by atoms with Crippen LogP contribution >= 0.6 is 12.4 Å². The first-order valence-electron chi connectivity index (χ1n) is 7.86. The van der Waals surface area contributed by atoms with E-state index in [1.165, 1.54) is 0 Å². The Balaban J connectivity index is 0.00000242. The van der Waals surface area contributed by atoms with Gasteiger partial charge in [0.2, 0.25) is 5.91 Å². The van der Waals surface area contributed by atoms with E-state index in [0.717, 1.165) is 31.6 Å². The van der Waals surface area contributed by atoms with Crippen LogP contribution in [-0.4, -0.2) is 31.1 Å². The number of benzene rings is 1.